The number of benzene rings is 4. The summed E-state index contributed by atoms with van der Waals surface area (Å²) in [4.78, 5) is 27.4. The van der Waals surface area contributed by atoms with Gasteiger partial charge in [-0.25, -0.2) is 0 Å². The Morgan fingerprint density at radius 3 is 2.65 bits per heavy atom. The van der Waals surface area contributed by atoms with E-state index in [1.807, 2.05) is 65.6 Å². The Morgan fingerprint density at radius 2 is 1.84 bits per heavy atom. The van der Waals surface area contributed by atoms with E-state index < -0.39 is 17.5 Å². The number of hydrogen-bond donors (Lipinski definition) is 1. The van der Waals surface area contributed by atoms with Crippen molar-refractivity contribution in [1.29, 1.82) is 0 Å². The van der Waals surface area contributed by atoms with E-state index in [9.17, 15) is 14.9 Å². The summed E-state index contributed by atoms with van der Waals surface area (Å²) in [7, 11) is 1.79. The summed E-state index contributed by atoms with van der Waals surface area (Å²) in [5.41, 5.74) is 1.78. The van der Waals surface area contributed by atoms with E-state index in [1.165, 1.54) is 0 Å². The molecule has 0 radical (unpaired) electrons. The molecule has 7 nitrogen and oxygen atoms in total. The number of halogens is 1. The van der Waals surface area contributed by atoms with Crippen LogP contribution in [0.5, 0.6) is 5.75 Å². The molecule has 1 fully saturated rings. The number of likely N-dealkylation sites (tertiary alicyclic amines) is 1. The van der Waals surface area contributed by atoms with Crippen LogP contribution in [0.15, 0.2) is 89.4 Å². The highest BCUT2D eigenvalue weighted by Gasteiger charge is 2.68. The molecule has 2 heterocycles. The van der Waals surface area contributed by atoms with E-state index in [0.29, 0.717) is 34.6 Å². The SMILES string of the molecule is CN1C[C@H](c2ccc(OCc3cccc4ccccc34)c(Br)c2)[C@@H]([N+](=O)[O-])[C@@]12C(=O)Nc1ccccc12. The molecule has 4 aromatic rings. The number of hydrogen-bond acceptors (Lipinski definition) is 5. The van der Waals surface area contributed by atoms with Crippen LogP contribution in [0.25, 0.3) is 10.8 Å². The maximum absolute atomic E-state index is 13.3. The summed E-state index contributed by atoms with van der Waals surface area (Å²) < 4.78 is 6.86. The van der Waals surface area contributed by atoms with Crippen LogP contribution in [-0.4, -0.2) is 35.4 Å². The number of carbonyl (C=O) groups excluding carboxylic acids is 1. The van der Waals surface area contributed by atoms with Gasteiger partial charge in [-0.15, -0.1) is 0 Å². The standard InChI is InChI=1S/C29H24BrN3O4/c1-32-16-22(27(33(35)36)29(32)23-11-4-5-12-25(23)31-28(29)34)19-13-14-26(24(30)15-19)37-17-20-9-6-8-18-7-2-3-10-21(18)20/h2-15,22,27H,16-17H2,1H3,(H,31,34)/t22-,27-,29+/m1/s1. The smallest absolute Gasteiger partial charge is 0.256 e. The molecule has 2 aliphatic rings. The highest BCUT2D eigenvalue weighted by Crippen LogP contribution is 2.52. The highest BCUT2D eigenvalue weighted by atomic mass is 79.9. The van der Waals surface area contributed by atoms with Crippen molar-refractivity contribution < 1.29 is 14.5 Å². The van der Waals surface area contributed by atoms with Gasteiger partial charge in [-0.05, 0) is 63.1 Å². The van der Waals surface area contributed by atoms with Crippen molar-refractivity contribution in [3.63, 3.8) is 0 Å². The van der Waals surface area contributed by atoms with Gasteiger partial charge in [0.15, 0.2) is 5.54 Å². The second-order valence-electron chi connectivity index (χ2n) is 9.60. The maximum Gasteiger partial charge on any atom is 0.256 e. The number of para-hydroxylation sites is 1. The van der Waals surface area contributed by atoms with Crippen LogP contribution in [0.1, 0.15) is 22.6 Å². The molecule has 1 saturated heterocycles. The van der Waals surface area contributed by atoms with Crippen molar-refractivity contribution in [1.82, 2.24) is 4.90 Å². The van der Waals surface area contributed by atoms with E-state index in [2.05, 4.69) is 39.4 Å². The van der Waals surface area contributed by atoms with Crippen molar-refractivity contribution in [3.05, 3.63) is 116 Å². The van der Waals surface area contributed by atoms with Crippen LogP contribution in [-0.2, 0) is 16.9 Å². The molecule has 1 spiro atoms. The van der Waals surface area contributed by atoms with Crippen molar-refractivity contribution >= 4 is 38.3 Å². The van der Waals surface area contributed by atoms with Crippen molar-refractivity contribution in [3.8, 4) is 5.75 Å². The van der Waals surface area contributed by atoms with Crippen molar-refractivity contribution in [2.24, 2.45) is 0 Å². The zero-order valence-electron chi connectivity index (χ0n) is 20.1. The number of nitro groups is 1. The van der Waals surface area contributed by atoms with Gasteiger partial charge in [0.25, 0.3) is 11.9 Å². The first-order valence-corrected chi connectivity index (χ1v) is 12.8. The molecule has 186 valence electrons. The first kappa shape index (κ1) is 23.6. The molecule has 1 N–H and O–H groups in total. The number of amides is 1. The zero-order valence-corrected chi connectivity index (χ0v) is 21.6. The molecule has 3 atom stereocenters. The lowest BCUT2D eigenvalue weighted by atomic mass is 9.79. The molecule has 4 aromatic carbocycles. The molecule has 2 aliphatic heterocycles. The fourth-order valence-electron chi connectivity index (χ4n) is 6.02. The van der Waals surface area contributed by atoms with E-state index >= 15 is 0 Å². The lowest BCUT2D eigenvalue weighted by Crippen LogP contribution is -2.54. The first-order chi connectivity index (χ1) is 17.9. The summed E-state index contributed by atoms with van der Waals surface area (Å²) in [5, 5.41) is 17.7. The predicted octanol–water partition coefficient (Wildman–Crippen LogP) is 5.70. The van der Waals surface area contributed by atoms with Crippen molar-refractivity contribution in [2.75, 3.05) is 18.9 Å². The third-order valence-corrected chi connectivity index (χ3v) is 8.31. The Hall–Kier alpha value is -3.75. The molecule has 37 heavy (non-hydrogen) atoms. The fraction of sp³-hybridized carbons (Fsp3) is 0.207. The third kappa shape index (κ3) is 3.62. The number of rotatable bonds is 5. The van der Waals surface area contributed by atoms with Crippen LogP contribution in [0.4, 0.5) is 5.69 Å². The van der Waals surface area contributed by atoms with E-state index in [0.717, 1.165) is 21.9 Å². The molecular formula is C29H24BrN3O4. The van der Waals surface area contributed by atoms with E-state index in [1.54, 1.807) is 13.1 Å². The Balaban J connectivity index is 1.31. The first-order valence-electron chi connectivity index (χ1n) is 12.1. The highest BCUT2D eigenvalue weighted by molar-refractivity contribution is 9.10. The number of nitrogens with zero attached hydrogens (tertiary/aromatic N) is 2. The second kappa shape index (κ2) is 8.97. The molecule has 1 amide bonds. The van der Waals surface area contributed by atoms with Gasteiger partial charge in [-0.3, -0.25) is 19.8 Å². The lowest BCUT2D eigenvalue weighted by Gasteiger charge is -2.30. The lowest BCUT2D eigenvalue weighted by molar-refractivity contribution is -0.534. The summed E-state index contributed by atoms with van der Waals surface area (Å²) >= 11 is 3.61. The van der Waals surface area contributed by atoms with Gasteiger partial charge in [0.1, 0.15) is 12.4 Å². The Morgan fingerprint density at radius 1 is 1.08 bits per heavy atom. The van der Waals surface area contributed by atoms with Gasteiger partial charge in [-0.2, -0.15) is 0 Å². The fourth-order valence-corrected chi connectivity index (χ4v) is 6.53. The molecule has 0 aliphatic carbocycles. The van der Waals surface area contributed by atoms with Gasteiger partial charge < -0.3 is 10.1 Å². The summed E-state index contributed by atoms with van der Waals surface area (Å²) in [5.74, 6) is -0.186. The molecule has 0 bridgehead atoms. The summed E-state index contributed by atoms with van der Waals surface area (Å²) in [6.45, 7) is 0.763. The largest absolute Gasteiger partial charge is 0.488 e. The van der Waals surface area contributed by atoms with Crippen LogP contribution < -0.4 is 10.1 Å². The van der Waals surface area contributed by atoms with Gasteiger partial charge >= 0.3 is 0 Å². The van der Waals surface area contributed by atoms with Crippen molar-refractivity contribution in [2.45, 2.75) is 24.1 Å². The number of ether oxygens (including phenoxy) is 1. The van der Waals surface area contributed by atoms with Crippen LogP contribution in [0, 0.1) is 10.1 Å². The summed E-state index contributed by atoms with van der Waals surface area (Å²) in [6.07, 6.45) is 0. The van der Waals surface area contributed by atoms with Gasteiger partial charge in [-0.1, -0.05) is 66.7 Å². The van der Waals surface area contributed by atoms with E-state index in [4.69, 9.17) is 4.74 Å². The van der Waals surface area contributed by atoms with Crippen LogP contribution >= 0.6 is 15.9 Å². The maximum atomic E-state index is 13.3. The van der Waals surface area contributed by atoms with Gasteiger partial charge in [0.05, 0.1) is 10.4 Å². The monoisotopic (exact) mass is 557 g/mol. The number of likely N-dealkylation sites (N-methyl/N-ethyl adjacent to an activating group) is 1. The Kier molecular flexibility index (Phi) is 5.73. The predicted molar refractivity (Wildman–Crippen MR) is 145 cm³/mol. The van der Waals surface area contributed by atoms with E-state index in [-0.39, 0.29) is 10.8 Å². The zero-order chi connectivity index (χ0) is 25.7. The molecule has 0 saturated carbocycles. The number of carbonyl (C=O) groups is 1. The molecule has 8 heteroatoms. The number of fused-ring (bicyclic) bond motifs is 3. The second-order valence-corrected chi connectivity index (χ2v) is 10.5. The number of anilines is 1. The number of nitrogens with one attached hydrogen (secondary N) is 1. The molecule has 6 rings (SSSR count). The molecule has 0 aromatic heterocycles. The van der Waals surface area contributed by atoms with Crippen LogP contribution in [0.3, 0.4) is 0 Å². The van der Waals surface area contributed by atoms with Gasteiger partial charge in [0, 0.05) is 22.7 Å². The molecule has 0 unspecified atom stereocenters. The summed E-state index contributed by atoms with van der Waals surface area (Å²) in [6, 6.07) is 26.0. The minimum absolute atomic E-state index is 0.297. The molecular weight excluding hydrogens is 534 g/mol. The minimum Gasteiger partial charge on any atom is -0.488 e. The van der Waals surface area contributed by atoms with Gasteiger partial charge in [0.2, 0.25) is 0 Å². The average molecular weight is 558 g/mol. The normalized spacial score (nSPS) is 22.8. The minimum atomic E-state index is -1.36. The van der Waals surface area contributed by atoms with Crippen LogP contribution in [0.2, 0.25) is 0 Å². The average Bonchev–Trinajstić information content (AvgIpc) is 3.38. The Labute approximate surface area is 222 Å². The third-order valence-electron chi connectivity index (χ3n) is 7.69. The Bertz CT molecular complexity index is 1550. The topological polar surface area (TPSA) is 84.7 Å². The quantitative estimate of drug-likeness (QED) is 0.251.